The summed E-state index contributed by atoms with van der Waals surface area (Å²) in [7, 11) is 0. The van der Waals surface area contributed by atoms with Crippen molar-refractivity contribution in [3.8, 4) is 0 Å². The first-order valence-electron chi connectivity index (χ1n) is 6.74. The molecule has 0 fully saturated rings. The molecule has 0 saturated heterocycles. The van der Waals surface area contributed by atoms with Crippen molar-refractivity contribution in [2.75, 3.05) is 19.0 Å². The van der Waals surface area contributed by atoms with Crippen molar-refractivity contribution in [1.29, 1.82) is 0 Å². The zero-order chi connectivity index (χ0) is 16.5. The minimum absolute atomic E-state index is 0.0942. The highest BCUT2D eigenvalue weighted by molar-refractivity contribution is 8.00. The molecule has 0 aliphatic rings. The molecule has 1 aromatic rings. The Labute approximate surface area is 133 Å². The number of aryl methyl sites for hydroxylation is 2. The van der Waals surface area contributed by atoms with E-state index in [-0.39, 0.29) is 12.4 Å². The number of alkyl carbamates (subject to hydrolysis) is 1. The van der Waals surface area contributed by atoms with E-state index >= 15 is 0 Å². The molecule has 22 heavy (non-hydrogen) atoms. The summed E-state index contributed by atoms with van der Waals surface area (Å²) < 4.78 is 9.33. The summed E-state index contributed by atoms with van der Waals surface area (Å²) in [4.78, 5) is 34.9. The van der Waals surface area contributed by atoms with E-state index in [0.717, 1.165) is 16.0 Å². The molecule has 0 saturated carbocycles. The van der Waals surface area contributed by atoms with E-state index in [1.54, 1.807) is 6.92 Å². The molecular weight excluding hydrogens is 306 g/mol. The van der Waals surface area contributed by atoms with Crippen LogP contribution in [0, 0.1) is 13.8 Å². The Morgan fingerprint density at radius 3 is 2.59 bits per heavy atom. The van der Waals surface area contributed by atoms with Gasteiger partial charge in [-0.05, 0) is 32.4 Å². The second-order valence-corrected chi connectivity index (χ2v) is 5.50. The van der Waals surface area contributed by atoms with Crippen LogP contribution in [0.15, 0.2) is 23.1 Å². The van der Waals surface area contributed by atoms with Gasteiger partial charge >= 0.3 is 12.1 Å². The summed E-state index contributed by atoms with van der Waals surface area (Å²) in [5, 5.41) is 1.94. The first-order valence-corrected chi connectivity index (χ1v) is 7.73. The van der Waals surface area contributed by atoms with Crippen molar-refractivity contribution in [2.45, 2.75) is 25.7 Å². The van der Waals surface area contributed by atoms with Gasteiger partial charge in [0.05, 0.1) is 12.4 Å². The van der Waals surface area contributed by atoms with Crippen molar-refractivity contribution < 1.29 is 23.9 Å². The normalized spacial score (nSPS) is 9.95. The largest absolute Gasteiger partial charge is 0.455 e. The van der Waals surface area contributed by atoms with Crippen molar-refractivity contribution in [3.05, 3.63) is 29.3 Å². The zero-order valence-electron chi connectivity index (χ0n) is 12.8. The zero-order valence-corrected chi connectivity index (χ0v) is 13.6. The van der Waals surface area contributed by atoms with Crippen LogP contribution in [0.1, 0.15) is 18.1 Å². The molecule has 0 bridgehead atoms. The van der Waals surface area contributed by atoms with E-state index in [0.29, 0.717) is 0 Å². The standard InChI is InChI=1S/C15H19NO5S/c1-4-20-15(19)16-13(17)8-21-14(18)9-22-12-7-10(2)5-6-11(12)3/h5-7H,4,8-9H2,1-3H3,(H,16,17,19). The fourth-order valence-corrected chi connectivity index (χ4v) is 2.43. The summed E-state index contributed by atoms with van der Waals surface area (Å²) in [6, 6.07) is 5.97. The number of carbonyl (C=O) groups is 3. The van der Waals surface area contributed by atoms with E-state index in [1.807, 2.05) is 37.4 Å². The summed E-state index contributed by atoms with van der Waals surface area (Å²) in [6.45, 7) is 5.20. The van der Waals surface area contributed by atoms with E-state index < -0.39 is 24.6 Å². The van der Waals surface area contributed by atoms with Gasteiger partial charge in [0.15, 0.2) is 6.61 Å². The third kappa shape index (κ3) is 6.62. The number of benzene rings is 1. The average Bonchev–Trinajstić information content (AvgIpc) is 2.46. The van der Waals surface area contributed by atoms with Gasteiger partial charge in [-0.25, -0.2) is 4.79 Å². The fraction of sp³-hybridized carbons (Fsp3) is 0.400. The predicted octanol–water partition coefficient (Wildman–Crippen LogP) is 2.21. The maximum atomic E-state index is 11.6. The molecule has 0 aliphatic carbocycles. The molecule has 0 unspecified atom stereocenters. The van der Waals surface area contributed by atoms with Crippen LogP contribution >= 0.6 is 11.8 Å². The monoisotopic (exact) mass is 325 g/mol. The van der Waals surface area contributed by atoms with Crippen LogP contribution < -0.4 is 5.32 Å². The van der Waals surface area contributed by atoms with Gasteiger partial charge < -0.3 is 9.47 Å². The van der Waals surface area contributed by atoms with Crippen molar-refractivity contribution in [2.24, 2.45) is 0 Å². The van der Waals surface area contributed by atoms with E-state index in [1.165, 1.54) is 11.8 Å². The third-order valence-electron chi connectivity index (χ3n) is 2.57. The Morgan fingerprint density at radius 1 is 1.18 bits per heavy atom. The Hall–Kier alpha value is -2.02. The van der Waals surface area contributed by atoms with Crippen LogP contribution in [-0.4, -0.2) is 36.9 Å². The lowest BCUT2D eigenvalue weighted by Crippen LogP contribution is -2.34. The Morgan fingerprint density at radius 2 is 1.91 bits per heavy atom. The first-order chi connectivity index (χ1) is 10.4. The van der Waals surface area contributed by atoms with E-state index in [4.69, 9.17) is 4.74 Å². The molecule has 0 atom stereocenters. The minimum Gasteiger partial charge on any atom is -0.455 e. The molecule has 2 amide bonds. The molecule has 1 N–H and O–H groups in total. The molecule has 0 spiro atoms. The Kier molecular flexibility index (Phi) is 7.45. The first kappa shape index (κ1) is 18.0. The minimum atomic E-state index is -0.853. The number of ether oxygens (including phenoxy) is 2. The molecule has 120 valence electrons. The van der Waals surface area contributed by atoms with Gasteiger partial charge in [0.25, 0.3) is 5.91 Å². The number of hydrogen-bond donors (Lipinski definition) is 1. The summed E-state index contributed by atoms with van der Waals surface area (Å²) >= 11 is 1.35. The van der Waals surface area contributed by atoms with Gasteiger partial charge in [-0.1, -0.05) is 17.7 Å². The van der Waals surface area contributed by atoms with Gasteiger partial charge in [0, 0.05) is 4.90 Å². The lowest BCUT2D eigenvalue weighted by molar-refractivity contribution is -0.145. The molecular formula is C15H19NO5S. The van der Waals surface area contributed by atoms with Crippen molar-refractivity contribution in [3.63, 3.8) is 0 Å². The second-order valence-electron chi connectivity index (χ2n) is 4.49. The number of hydrogen-bond acceptors (Lipinski definition) is 6. The maximum absolute atomic E-state index is 11.6. The molecule has 0 heterocycles. The van der Waals surface area contributed by atoms with Crippen LogP contribution in [0.5, 0.6) is 0 Å². The fourth-order valence-electron chi connectivity index (χ4n) is 1.50. The maximum Gasteiger partial charge on any atom is 0.413 e. The highest BCUT2D eigenvalue weighted by Crippen LogP contribution is 2.23. The van der Waals surface area contributed by atoms with Gasteiger partial charge in [0.1, 0.15) is 0 Å². The van der Waals surface area contributed by atoms with E-state index in [9.17, 15) is 14.4 Å². The second kappa shape index (κ2) is 9.09. The number of amides is 2. The molecule has 0 aliphatic heterocycles. The van der Waals surface area contributed by atoms with Crippen LogP contribution in [0.4, 0.5) is 4.79 Å². The average molecular weight is 325 g/mol. The number of nitrogens with one attached hydrogen (secondary N) is 1. The van der Waals surface area contributed by atoms with Crippen molar-refractivity contribution >= 4 is 29.7 Å². The van der Waals surface area contributed by atoms with Gasteiger partial charge in [-0.15, -0.1) is 11.8 Å². The summed E-state index contributed by atoms with van der Waals surface area (Å²) in [5.74, 6) is -1.15. The highest BCUT2D eigenvalue weighted by atomic mass is 32.2. The number of rotatable bonds is 6. The molecule has 7 heteroatoms. The Bertz CT molecular complexity index is 559. The topological polar surface area (TPSA) is 81.7 Å². The van der Waals surface area contributed by atoms with Gasteiger partial charge in [0.2, 0.25) is 0 Å². The van der Waals surface area contributed by atoms with Crippen LogP contribution in [0.25, 0.3) is 0 Å². The number of thioether (sulfide) groups is 1. The van der Waals surface area contributed by atoms with Gasteiger partial charge in [-0.2, -0.15) is 0 Å². The highest BCUT2D eigenvalue weighted by Gasteiger charge is 2.12. The summed E-state index contributed by atoms with van der Waals surface area (Å²) in [5.41, 5.74) is 2.18. The Balaban J connectivity index is 2.33. The molecule has 1 rings (SSSR count). The quantitative estimate of drug-likeness (QED) is 0.638. The number of imide groups is 1. The van der Waals surface area contributed by atoms with Crippen LogP contribution in [-0.2, 0) is 19.1 Å². The third-order valence-corrected chi connectivity index (χ3v) is 3.70. The lowest BCUT2D eigenvalue weighted by atomic mass is 10.2. The molecule has 0 aromatic heterocycles. The lowest BCUT2D eigenvalue weighted by Gasteiger charge is -2.07. The van der Waals surface area contributed by atoms with Crippen LogP contribution in [0.2, 0.25) is 0 Å². The van der Waals surface area contributed by atoms with Crippen LogP contribution in [0.3, 0.4) is 0 Å². The molecule has 0 radical (unpaired) electrons. The summed E-state index contributed by atoms with van der Waals surface area (Å²) in [6.07, 6.45) is -0.853. The molecule has 1 aromatic carbocycles. The number of esters is 1. The predicted molar refractivity (Wildman–Crippen MR) is 82.8 cm³/mol. The van der Waals surface area contributed by atoms with Crippen molar-refractivity contribution in [1.82, 2.24) is 5.32 Å². The number of carbonyl (C=O) groups excluding carboxylic acids is 3. The van der Waals surface area contributed by atoms with E-state index in [2.05, 4.69) is 4.74 Å². The van der Waals surface area contributed by atoms with Gasteiger partial charge in [-0.3, -0.25) is 14.9 Å². The smallest absolute Gasteiger partial charge is 0.413 e. The molecule has 6 nitrogen and oxygen atoms in total. The SMILES string of the molecule is CCOC(=O)NC(=O)COC(=O)CSc1cc(C)ccc1C.